The fourth-order valence-corrected chi connectivity index (χ4v) is 5.54. The lowest BCUT2D eigenvalue weighted by atomic mass is 9.80. The minimum absolute atomic E-state index is 0.0543. The van der Waals surface area contributed by atoms with Gasteiger partial charge >= 0.3 is 0 Å². The molecule has 2 aliphatic heterocycles. The lowest BCUT2D eigenvalue weighted by Gasteiger charge is -2.40. The number of benzene rings is 2. The summed E-state index contributed by atoms with van der Waals surface area (Å²) in [7, 11) is 0. The Hall–Kier alpha value is -3.10. The van der Waals surface area contributed by atoms with E-state index in [0.29, 0.717) is 28.3 Å². The summed E-state index contributed by atoms with van der Waals surface area (Å²) in [6, 6.07) is 21.8. The maximum absolute atomic E-state index is 13.1. The van der Waals surface area contributed by atoms with Gasteiger partial charge in [0.1, 0.15) is 0 Å². The maximum atomic E-state index is 13.1. The number of Topliss-reactive ketones (excluding diaryl/α,β-unsaturated/α-hetero) is 1. The van der Waals surface area contributed by atoms with Crippen LogP contribution in [0.3, 0.4) is 0 Å². The summed E-state index contributed by atoms with van der Waals surface area (Å²) in [5, 5.41) is 10.7. The van der Waals surface area contributed by atoms with Crippen molar-refractivity contribution in [2.24, 2.45) is 0 Å². The van der Waals surface area contributed by atoms with Gasteiger partial charge in [-0.25, -0.2) is 0 Å². The number of thioether (sulfide) groups is 1. The summed E-state index contributed by atoms with van der Waals surface area (Å²) in [5.74, 6) is -0.658. The predicted molar refractivity (Wildman–Crippen MR) is 113 cm³/mol. The SMILES string of the molecule is CC(=O)C1=C(C)N2C(=O)CC(c3ccccc3)SC2=C(C#N)C1c1ccccc1. The Morgan fingerprint density at radius 3 is 2.21 bits per heavy atom. The van der Waals surface area contributed by atoms with Crippen LogP contribution in [0.2, 0.25) is 0 Å². The molecule has 0 spiro atoms. The zero-order valence-corrected chi connectivity index (χ0v) is 17.1. The Bertz CT molecular complexity index is 1080. The molecule has 2 aromatic carbocycles. The first-order valence-electron chi connectivity index (χ1n) is 9.48. The quantitative estimate of drug-likeness (QED) is 0.720. The average Bonchev–Trinajstić information content (AvgIpc) is 2.74. The monoisotopic (exact) mass is 400 g/mol. The van der Waals surface area contributed by atoms with Gasteiger partial charge in [-0.15, -0.1) is 0 Å². The molecule has 0 aliphatic carbocycles. The third-order valence-corrected chi connectivity index (χ3v) is 6.75. The molecule has 1 fully saturated rings. The summed E-state index contributed by atoms with van der Waals surface area (Å²) in [5.41, 5.74) is 3.56. The molecule has 1 amide bonds. The van der Waals surface area contributed by atoms with E-state index in [1.54, 1.807) is 4.90 Å². The van der Waals surface area contributed by atoms with Gasteiger partial charge in [0, 0.05) is 22.9 Å². The fourth-order valence-electron chi connectivity index (χ4n) is 4.12. The lowest BCUT2D eigenvalue weighted by Crippen LogP contribution is -2.38. The molecule has 2 heterocycles. The topological polar surface area (TPSA) is 61.2 Å². The van der Waals surface area contributed by atoms with Gasteiger partial charge in [0.2, 0.25) is 5.91 Å². The minimum atomic E-state index is -0.459. The van der Waals surface area contributed by atoms with Gasteiger partial charge in [-0.2, -0.15) is 5.26 Å². The van der Waals surface area contributed by atoms with Crippen LogP contribution in [-0.4, -0.2) is 16.6 Å². The molecule has 2 aliphatic rings. The molecule has 1 saturated heterocycles. The summed E-state index contributed by atoms with van der Waals surface area (Å²) in [6.45, 7) is 3.31. The zero-order valence-electron chi connectivity index (χ0n) is 16.3. The summed E-state index contributed by atoms with van der Waals surface area (Å²) in [6.07, 6.45) is 0.329. The summed E-state index contributed by atoms with van der Waals surface area (Å²) < 4.78 is 0. The van der Waals surface area contributed by atoms with Crippen molar-refractivity contribution in [3.63, 3.8) is 0 Å². The van der Waals surface area contributed by atoms with E-state index in [1.807, 2.05) is 67.6 Å². The van der Waals surface area contributed by atoms with E-state index in [9.17, 15) is 14.9 Å². The first-order chi connectivity index (χ1) is 14.0. The van der Waals surface area contributed by atoms with Gasteiger partial charge in [-0.05, 0) is 25.0 Å². The highest BCUT2D eigenvalue weighted by Crippen LogP contribution is 2.52. The second-order valence-corrected chi connectivity index (χ2v) is 8.37. The van der Waals surface area contributed by atoms with E-state index in [0.717, 1.165) is 11.1 Å². The molecule has 5 heteroatoms. The molecule has 0 aromatic heterocycles. The van der Waals surface area contributed by atoms with Gasteiger partial charge in [0.15, 0.2) is 5.78 Å². The van der Waals surface area contributed by atoms with Crippen LogP contribution in [0, 0.1) is 11.3 Å². The zero-order chi connectivity index (χ0) is 20.5. The molecule has 0 radical (unpaired) electrons. The van der Waals surface area contributed by atoms with Crippen LogP contribution in [0.5, 0.6) is 0 Å². The third-order valence-electron chi connectivity index (χ3n) is 5.40. The van der Waals surface area contributed by atoms with Gasteiger partial charge in [-0.1, -0.05) is 72.4 Å². The molecule has 4 rings (SSSR count). The first kappa shape index (κ1) is 19.2. The molecular formula is C24H20N2O2S. The lowest BCUT2D eigenvalue weighted by molar-refractivity contribution is -0.127. The van der Waals surface area contributed by atoms with Gasteiger partial charge < -0.3 is 0 Å². The predicted octanol–water partition coefficient (Wildman–Crippen LogP) is 5.09. The average molecular weight is 401 g/mol. The van der Waals surface area contributed by atoms with Crippen LogP contribution in [0.25, 0.3) is 0 Å². The van der Waals surface area contributed by atoms with E-state index < -0.39 is 5.92 Å². The Kier molecular flexibility index (Phi) is 5.12. The Morgan fingerprint density at radius 1 is 1.07 bits per heavy atom. The van der Waals surface area contributed by atoms with E-state index >= 15 is 0 Å². The summed E-state index contributed by atoms with van der Waals surface area (Å²) in [4.78, 5) is 27.3. The number of nitrogens with zero attached hydrogens (tertiary/aromatic N) is 2. The van der Waals surface area contributed by atoms with Crippen LogP contribution >= 0.6 is 11.8 Å². The van der Waals surface area contributed by atoms with Crippen LogP contribution in [0.1, 0.15) is 42.6 Å². The molecule has 0 N–H and O–H groups in total. The number of carbonyl (C=O) groups excluding carboxylic acids is 2. The highest BCUT2D eigenvalue weighted by molar-refractivity contribution is 8.03. The molecular weight excluding hydrogens is 380 g/mol. The molecule has 2 aromatic rings. The van der Waals surface area contributed by atoms with Crippen LogP contribution in [0.4, 0.5) is 0 Å². The number of nitriles is 1. The molecule has 29 heavy (non-hydrogen) atoms. The largest absolute Gasteiger partial charge is 0.295 e. The highest BCUT2D eigenvalue weighted by atomic mass is 32.2. The fraction of sp³-hybridized carbons (Fsp3) is 0.208. The maximum Gasteiger partial charge on any atom is 0.233 e. The summed E-state index contributed by atoms with van der Waals surface area (Å²) >= 11 is 1.54. The van der Waals surface area contributed by atoms with E-state index in [-0.39, 0.29) is 16.9 Å². The second kappa shape index (κ2) is 7.73. The van der Waals surface area contributed by atoms with Crippen molar-refractivity contribution in [2.45, 2.75) is 31.4 Å². The number of hydrogen-bond donors (Lipinski definition) is 0. The number of ketones is 1. The van der Waals surface area contributed by atoms with E-state index in [1.165, 1.54) is 18.7 Å². The Labute approximate surface area is 174 Å². The van der Waals surface area contributed by atoms with Crippen molar-refractivity contribution in [1.29, 1.82) is 5.26 Å². The van der Waals surface area contributed by atoms with Crippen molar-refractivity contribution >= 4 is 23.5 Å². The normalized spacial score (nSPS) is 21.7. The third kappa shape index (κ3) is 3.30. The number of allylic oxidation sites excluding steroid dienone is 3. The van der Waals surface area contributed by atoms with Gasteiger partial charge in [-0.3, -0.25) is 14.5 Å². The standard InChI is InChI=1S/C24H20N2O2S/c1-15-22(16(2)27)23(18-11-7-4-8-12-18)19(14-25)24-26(15)21(28)13-20(29-24)17-9-5-3-6-10-17/h3-12,20,23H,13H2,1-2H3. The van der Waals surface area contributed by atoms with E-state index in [2.05, 4.69) is 6.07 Å². The van der Waals surface area contributed by atoms with Crippen molar-refractivity contribution in [3.8, 4) is 6.07 Å². The number of hydrogen-bond acceptors (Lipinski definition) is 4. The molecule has 0 saturated carbocycles. The molecule has 0 bridgehead atoms. The van der Waals surface area contributed by atoms with E-state index in [4.69, 9.17) is 0 Å². The van der Waals surface area contributed by atoms with Crippen molar-refractivity contribution < 1.29 is 9.59 Å². The van der Waals surface area contributed by atoms with Crippen molar-refractivity contribution in [2.75, 3.05) is 0 Å². The Morgan fingerprint density at radius 2 is 1.66 bits per heavy atom. The van der Waals surface area contributed by atoms with Crippen LogP contribution in [-0.2, 0) is 9.59 Å². The minimum Gasteiger partial charge on any atom is -0.295 e. The molecule has 2 unspecified atom stereocenters. The van der Waals surface area contributed by atoms with Crippen LogP contribution < -0.4 is 0 Å². The van der Waals surface area contributed by atoms with Crippen LogP contribution in [0.15, 0.2) is 82.5 Å². The number of rotatable bonds is 3. The van der Waals surface area contributed by atoms with Gasteiger partial charge in [0.25, 0.3) is 0 Å². The smallest absolute Gasteiger partial charge is 0.233 e. The number of fused-ring (bicyclic) bond motifs is 1. The molecule has 2 atom stereocenters. The molecule has 4 nitrogen and oxygen atoms in total. The van der Waals surface area contributed by atoms with Crippen molar-refractivity contribution in [3.05, 3.63) is 93.7 Å². The highest BCUT2D eigenvalue weighted by Gasteiger charge is 2.43. The first-order valence-corrected chi connectivity index (χ1v) is 10.4. The number of amides is 1. The Balaban J connectivity index is 1.89. The van der Waals surface area contributed by atoms with Gasteiger partial charge in [0.05, 0.1) is 22.6 Å². The molecule has 144 valence electrons. The second-order valence-electron chi connectivity index (χ2n) is 7.18. The van der Waals surface area contributed by atoms with Crippen molar-refractivity contribution in [1.82, 2.24) is 4.90 Å². The number of carbonyl (C=O) groups is 2.